The molecule has 0 spiro atoms. The molecule has 0 aromatic carbocycles. The van der Waals surface area contributed by atoms with Crippen LogP contribution in [0.2, 0.25) is 0 Å². The van der Waals surface area contributed by atoms with Crippen molar-refractivity contribution in [2.45, 2.75) is 13.1 Å². The molecule has 0 fully saturated rings. The summed E-state index contributed by atoms with van der Waals surface area (Å²) in [4.78, 5) is 19.5. The lowest BCUT2D eigenvalue weighted by atomic mass is 9.99. The molecule has 0 saturated carbocycles. The van der Waals surface area contributed by atoms with Crippen LogP contribution >= 0.6 is 0 Å². The molecule has 3 rings (SSSR count). The van der Waals surface area contributed by atoms with Crippen molar-refractivity contribution in [3.8, 4) is 5.88 Å². The largest absolute Gasteiger partial charge is 0.493 e. The van der Waals surface area contributed by atoms with Gasteiger partial charge in [0.1, 0.15) is 17.6 Å². The maximum absolute atomic E-state index is 13.7. The van der Waals surface area contributed by atoms with E-state index in [1.54, 1.807) is 6.92 Å². The smallest absolute Gasteiger partial charge is 0.326 e. The second kappa shape index (κ2) is 3.59. The molecule has 0 radical (unpaired) electrons. The number of ether oxygens (including phenoxy) is 1. The van der Waals surface area contributed by atoms with Gasteiger partial charge in [-0.05, 0) is 13.0 Å². The maximum atomic E-state index is 13.7. The Bertz CT molecular complexity index is 653. The maximum Gasteiger partial charge on any atom is 0.326 e. The molecule has 0 aliphatic carbocycles. The molecule has 1 aromatic rings. The molecule has 6 nitrogen and oxygen atoms in total. The Hall–Kier alpha value is -2.31. The molecule has 3 N–H and O–H groups in total. The number of imidazole rings is 1. The number of halogens is 1. The summed E-state index contributed by atoms with van der Waals surface area (Å²) in [5, 5.41) is 9.51. The number of hydrogen-bond acceptors (Lipinski definition) is 4. The summed E-state index contributed by atoms with van der Waals surface area (Å²) in [5.74, 6) is -0.269. The van der Waals surface area contributed by atoms with Gasteiger partial charge in [-0.15, -0.1) is 0 Å². The molecular weight excluding hydrogens is 241 g/mol. The van der Waals surface area contributed by atoms with Gasteiger partial charge in [-0.25, -0.2) is 9.18 Å². The highest BCUT2D eigenvalue weighted by Gasteiger charge is 2.36. The van der Waals surface area contributed by atoms with Crippen molar-refractivity contribution < 1.29 is 14.2 Å². The first-order chi connectivity index (χ1) is 8.56. The highest BCUT2D eigenvalue weighted by Crippen LogP contribution is 2.40. The fraction of sp³-hybridized carbons (Fsp3) is 0.273. The van der Waals surface area contributed by atoms with Gasteiger partial charge in [0, 0.05) is 6.21 Å². The molecule has 18 heavy (non-hydrogen) atoms. The number of nitrogens with one attached hydrogen (secondary N) is 2. The number of hydrogen-bond donors (Lipinski definition) is 3. The van der Waals surface area contributed by atoms with E-state index in [0.29, 0.717) is 11.5 Å². The molecule has 7 heteroatoms. The van der Waals surface area contributed by atoms with Crippen molar-refractivity contribution in [3.05, 3.63) is 33.7 Å². The fourth-order valence-corrected chi connectivity index (χ4v) is 2.04. The summed E-state index contributed by atoms with van der Waals surface area (Å²) in [5.41, 5.74) is 0.139. The third-order valence-corrected chi connectivity index (χ3v) is 2.92. The van der Waals surface area contributed by atoms with Crippen LogP contribution in [0.3, 0.4) is 0 Å². The highest BCUT2D eigenvalue weighted by molar-refractivity contribution is 5.73. The van der Waals surface area contributed by atoms with Crippen LogP contribution in [0.4, 0.5) is 4.39 Å². The molecule has 2 aliphatic rings. The van der Waals surface area contributed by atoms with E-state index in [1.165, 1.54) is 12.3 Å². The lowest BCUT2D eigenvalue weighted by Crippen LogP contribution is -2.19. The first-order valence-electron chi connectivity index (χ1n) is 5.36. The van der Waals surface area contributed by atoms with E-state index >= 15 is 0 Å². The number of aromatic nitrogens is 2. The second-order valence-electron chi connectivity index (χ2n) is 4.13. The Labute approximate surface area is 101 Å². The number of fused-ring (bicyclic) bond motifs is 1. The van der Waals surface area contributed by atoms with E-state index in [9.17, 15) is 14.3 Å². The number of aromatic hydroxyl groups is 1. The minimum Gasteiger partial charge on any atom is -0.493 e. The summed E-state index contributed by atoms with van der Waals surface area (Å²) >= 11 is 0. The monoisotopic (exact) mass is 251 g/mol. The predicted octanol–water partition coefficient (Wildman–Crippen LogP) is 1.05. The molecule has 0 bridgehead atoms. The topological polar surface area (TPSA) is 90.5 Å². The van der Waals surface area contributed by atoms with Crippen LogP contribution in [-0.4, -0.2) is 27.5 Å². The zero-order chi connectivity index (χ0) is 12.9. The molecule has 2 atom stereocenters. The number of nitrogens with zero attached hydrogens (tertiary/aromatic N) is 1. The fourth-order valence-electron chi connectivity index (χ4n) is 2.04. The Kier molecular flexibility index (Phi) is 2.16. The van der Waals surface area contributed by atoms with Crippen molar-refractivity contribution in [1.82, 2.24) is 9.97 Å². The zero-order valence-electron chi connectivity index (χ0n) is 9.40. The van der Waals surface area contributed by atoms with Crippen LogP contribution in [0, 0.1) is 5.92 Å². The number of aliphatic imine (C=N–C) groups is 1. The summed E-state index contributed by atoms with van der Waals surface area (Å²) in [6.07, 6.45) is 1.47. The van der Waals surface area contributed by atoms with Gasteiger partial charge in [-0.1, -0.05) is 0 Å². The van der Waals surface area contributed by atoms with E-state index in [1.807, 2.05) is 0 Å². The van der Waals surface area contributed by atoms with Crippen molar-refractivity contribution in [1.29, 1.82) is 0 Å². The van der Waals surface area contributed by atoms with E-state index in [2.05, 4.69) is 15.0 Å². The van der Waals surface area contributed by atoms with E-state index in [-0.39, 0.29) is 17.3 Å². The van der Waals surface area contributed by atoms with E-state index in [0.717, 1.165) is 0 Å². The highest BCUT2D eigenvalue weighted by atomic mass is 19.1. The Balaban J connectivity index is 2.04. The Morgan fingerprint density at radius 3 is 2.89 bits per heavy atom. The first-order valence-corrected chi connectivity index (χ1v) is 5.36. The molecule has 2 unspecified atom stereocenters. The average molecular weight is 251 g/mol. The molecule has 3 heterocycles. The summed E-state index contributed by atoms with van der Waals surface area (Å²) < 4.78 is 19.1. The number of alkyl halides is 1. The number of allylic oxidation sites excluding steroid dienone is 2. The van der Waals surface area contributed by atoms with Crippen LogP contribution in [0.15, 0.2) is 27.3 Å². The van der Waals surface area contributed by atoms with Gasteiger partial charge >= 0.3 is 5.69 Å². The number of rotatable bonds is 1. The van der Waals surface area contributed by atoms with Crippen molar-refractivity contribution >= 4 is 12.0 Å². The molecular formula is C11H10FN3O3. The lowest BCUT2D eigenvalue weighted by molar-refractivity contribution is 0.293. The van der Waals surface area contributed by atoms with Crippen LogP contribution in [0.25, 0.3) is 5.76 Å². The number of aromatic amines is 2. The minimum absolute atomic E-state index is 0.113. The molecule has 1 aromatic heterocycles. The average Bonchev–Trinajstić information content (AvgIpc) is 2.88. The Morgan fingerprint density at radius 2 is 2.28 bits per heavy atom. The predicted molar refractivity (Wildman–Crippen MR) is 61.7 cm³/mol. The van der Waals surface area contributed by atoms with E-state index in [4.69, 9.17) is 4.74 Å². The molecule has 2 aliphatic heterocycles. The number of H-pyrrole nitrogens is 2. The second-order valence-corrected chi connectivity index (χ2v) is 4.13. The Morgan fingerprint density at radius 1 is 1.50 bits per heavy atom. The van der Waals surface area contributed by atoms with Crippen molar-refractivity contribution in [2.24, 2.45) is 10.9 Å². The quantitative estimate of drug-likeness (QED) is 0.696. The first kappa shape index (κ1) is 10.8. The summed E-state index contributed by atoms with van der Waals surface area (Å²) in [7, 11) is 0. The molecule has 94 valence electrons. The van der Waals surface area contributed by atoms with Gasteiger partial charge in [0.05, 0.1) is 11.6 Å². The zero-order valence-corrected chi connectivity index (χ0v) is 9.40. The van der Waals surface area contributed by atoms with Crippen LogP contribution < -0.4 is 5.69 Å². The normalized spacial score (nSPS) is 26.0. The van der Waals surface area contributed by atoms with E-state index < -0.39 is 17.8 Å². The van der Waals surface area contributed by atoms with Crippen molar-refractivity contribution in [2.75, 3.05) is 0 Å². The van der Waals surface area contributed by atoms with Gasteiger partial charge in [-0.3, -0.25) is 15.0 Å². The SMILES string of the molecule is CC1=C2OC(c3[nH]c(=O)[nH]c3O)=CC2C(F)C=N1. The van der Waals surface area contributed by atoms with Gasteiger partial charge in [0.15, 0.2) is 5.76 Å². The van der Waals surface area contributed by atoms with Crippen molar-refractivity contribution in [3.63, 3.8) is 0 Å². The molecule has 0 amide bonds. The summed E-state index contributed by atoms with van der Waals surface area (Å²) in [6, 6.07) is 0. The lowest BCUT2D eigenvalue weighted by Gasteiger charge is -2.17. The third-order valence-electron chi connectivity index (χ3n) is 2.92. The third kappa shape index (κ3) is 1.47. The van der Waals surface area contributed by atoms with Gasteiger partial charge in [-0.2, -0.15) is 0 Å². The summed E-state index contributed by atoms with van der Waals surface area (Å²) in [6.45, 7) is 1.71. The molecule has 0 saturated heterocycles. The van der Waals surface area contributed by atoms with Gasteiger partial charge in [0.25, 0.3) is 0 Å². The standard InChI is InChI=1S/C11H10FN3O3/c1-4-9-5(6(12)3-13-4)2-7(18-9)8-10(16)15-11(17)14-8/h2-3,5-6,16H,1H3,(H2,14,15,17). The van der Waals surface area contributed by atoms with Gasteiger partial charge in [0.2, 0.25) is 5.88 Å². The van der Waals surface area contributed by atoms with Crippen LogP contribution in [0.1, 0.15) is 12.6 Å². The van der Waals surface area contributed by atoms with Crippen LogP contribution in [0.5, 0.6) is 5.88 Å². The van der Waals surface area contributed by atoms with Crippen LogP contribution in [-0.2, 0) is 4.74 Å². The minimum atomic E-state index is -1.27. The van der Waals surface area contributed by atoms with Gasteiger partial charge < -0.3 is 9.84 Å².